The van der Waals surface area contributed by atoms with Gasteiger partial charge in [-0.1, -0.05) is 0 Å². The molecule has 2 heterocycles. The first kappa shape index (κ1) is 10.3. The second-order valence-corrected chi connectivity index (χ2v) is 3.46. The summed E-state index contributed by atoms with van der Waals surface area (Å²) in [5.74, 6) is 0.343. The Morgan fingerprint density at radius 1 is 1.44 bits per heavy atom. The van der Waals surface area contributed by atoms with E-state index in [0.29, 0.717) is 5.82 Å². The van der Waals surface area contributed by atoms with Gasteiger partial charge in [0.05, 0.1) is 17.6 Å². The SMILES string of the molecule is C[C@@H](N)c1ccc(-n2ccnc2C#N)cn1. The van der Waals surface area contributed by atoms with Crippen molar-refractivity contribution < 1.29 is 0 Å². The summed E-state index contributed by atoms with van der Waals surface area (Å²) in [6.45, 7) is 1.87. The highest BCUT2D eigenvalue weighted by molar-refractivity contribution is 5.34. The van der Waals surface area contributed by atoms with Gasteiger partial charge in [0.15, 0.2) is 0 Å². The van der Waals surface area contributed by atoms with Crippen LogP contribution in [0.4, 0.5) is 0 Å². The lowest BCUT2D eigenvalue weighted by atomic mass is 10.2. The van der Waals surface area contributed by atoms with Gasteiger partial charge in [0.1, 0.15) is 6.07 Å². The second kappa shape index (κ2) is 4.13. The number of aromatic nitrogens is 3. The van der Waals surface area contributed by atoms with Crippen LogP contribution in [0.5, 0.6) is 0 Å². The van der Waals surface area contributed by atoms with E-state index in [4.69, 9.17) is 11.0 Å². The molecular formula is C11H11N5. The molecule has 1 atom stereocenters. The summed E-state index contributed by atoms with van der Waals surface area (Å²) in [6, 6.07) is 5.64. The molecular weight excluding hydrogens is 202 g/mol. The molecule has 0 saturated heterocycles. The first-order valence-corrected chi connectivity index (χ1v) is 4.87. The van der Waals surface area contributed by atoms with Crippen molar-refractivity contribution in [2.24, 2.45) is 5.73 Å². The lowest BCUT2D eigenvalue weighted by molar-refractivity contribution is 0.778. The van der Waals surface area contributed by atoms with Crippen molar-refractivity contribution in [3.8, 4) is 11.8 Å². The van der Waals surface area contributed by atoms with E-state index in [9.17, 15) is 0 Å². The van der Waals surface area contributed by atoms with Crippen LogP contribution in [0.15, 0.2) is 30.7 Å². The van der Waals surface area contributed by atoms with E-state index < -0.39 is 0 Å². The fourth-order valence-corrected chi connectivity index (χ4v) is 1.40. The van der Waals surface area contributed by atoms with Crippen molar-refractivity contribution >= 4 is 0 Å². The number of hydrogen-bond donors (Lipinski definition) is 1. The third-order valence-corrected chi connectivity index (χ3v) is 2.26. The largest absolute Gasteiger partial charge is 0.323 e. The van der Waals surface area contributed by atoms with Gasteiger partial charge in [-0.25, -0.2) is 4.98 Å². The molecule has 5 heteroatoms. The molecule has 0 amide bonds. The number of pyridine rings is 1. The summed E-state index contributed by atoms with van der Waals surface area (Å²) in [5, 5.41) is 8.84. The Balaban J connectivity index is 2.39. The molecule has 0 saturated carbocycles. The van der Waals surface area contributed by atoms with Gasteiger partial charge < -0.3 is 5.73 Å². The molecule has 0 spiro atoms. The maximum atomic E-state index is 8.84. The van der Waals surface area contributed by atoms with Gasteiger partial charge >= 0.3 is 0 Å². The average molecular weight is 213 g/mol. The molecule has 0 fully saturated rings. The van der Waals surface area contributed by atoms with Crippen LogP contribution in [-0.4, -0.2) is 14.5 Å². The van der Waals surface area contributed by atoms with Gasteiger partial charge in [0.25, 0.3) is 0 Å². The molecule has 2 aromatic heterocycles. The molecule has 0 radical (unpaired) electrons. The molecule has 0 unspecified atom stereocenters. The normalized spacial score (nSPS) is 12.1. The molecule has 0 aliphatic carbocycles. The minimum Gasteiger partial charge on any atom is -0.323 e. The maximum Gasteiger partial charge on any atom is 0.217 e. The summed E-state index contributed by atoms with van der Waals surface area (Å²) < 4.78 is 1.68. The van der Waals surface area contributed by atoms with Gasteiger partial charge in [-0.3, -0.25) is 9.55 Å². The van der Waals surface area contributed by atoms with E-state index in [1.807, 2.05) is 25.1 Å². The Hall–Kier alpha value is -2.19. The third kappa shape index (κ3) is 1.78. The molecule has 0 bridgehead atoms. The zero-order chi connectivity index (χ0) is 11.5. The van der Waals surface area contributed by atoms with Gasteiger partial charge in [-0.2, -0.15) is 5.26 Å². The second-order valence-electron chi connectivity index (χ2n) is 3.46. The first-order chi connectivity index (χ1) is 7.72. The monoisotopic (exact) mass is 213 g/mol. The molecule has 16 heavy (non-hydrogen) atoms. The number of hydrogen-bond acceptors (Lipinski definition) is 4. The zero-order valence-corrected chi connectivity index (χ0v) is 8.83. The van der Waals surface area contributed by atoms with Gasteiger partial charge in [0, 0.05) is 18.4 Å². The van der Waals surface area contributed by atoms with Gasteiger partial charge in [-0.15, -0.1) is 0 Å². The topological polar surface area (TPSA) is 80.5 Å². The predicted octanol–water partition coefficient (Wildman–Crippen LogP) is 1.16. The van der Waals surface area contributed by atoms with Crippen LogP contribution in [0.2, 0.25) is 0 Å². The van der Waals surface area contributed by atoms with Crippen LogP contribution in [-0.2, 0) is 0 Å². The smallest absolute Gasteiger partial charge is 0.217 e. The standard InChI is InChI=1S/C11H11N5/c1-8(13)10-3-2-9(7-15-10)16-5-4-14-11(16)6-12/h2-5,7-8H,13H2,1H3/t8-/m1/s1. The lowest BCUT2D eigenvalue weighted by Gasteiger charge is -2.06. The summed E-state index contributed by atoms with van der Waals surface area (Å²) in [7, 11) is 0. The van der Waals surface area contributed by atoms with E-state index in [0.717, 1.165) is 11.4 Å². The Morgan fingerprint density at radius 3 is 2.81 bits per heavy atom. The summed E-state index contributed by atoms with van der Waals surface area (Å²) >= 11 is 0. The number of nitriles is 1. The van der Waals surface area contributed by atoms with Crippen molar-refractivity contribution in [3.63, 3.8) is 0 Å². The van der Waals surface area contributed by atoms with Gasteiger partial charge in [0.2, 0.25) is 5.82 Å². The van der Waals surface area contributed by atoms with E-state index in [2.05, 4.69) is 9.97 Å². The summed E-state index contributed by atoms with van der Waals surface area (Å²) in [6.07, 6.45) is 4.99. The van der Waals surface area contributed by atoms with E-state index in [1.54, 1.807) is 23.2 Å². The fourth-order valence-electron chi connectivity index (χ4n) is 1.40. The van der Waals surface area contributed by atoms with E-state index in [1.165, 1.54) is 0 Å². The van der Waals surface area contributed by atoms with Gasteiger partial charge in [-0.05, 0) is 19.1 Å². The highest BCUT2D eigenvalue weighted by atomic mass is 15.1. The predicted molar refractivity (Wildman–Crippen MR) is 58.7 cm³/mol. The zero-order valence-electron chi connectivity index (χ0n) is 8.83. The first-order valence-electron chi connectivity index (χ1n) is 4.87. The molecule has 2 aromatic rings. The molecule has 0 aliphatic rings. The van der Waals surface area contributed by atoms with Crippen molar-refractivity contribution in [2.45, 2.75) is 13.0 Å². The van der Waals surface area contributed by atoms with E-state index in [-0.39, 0.29) is 6.04 Å². The lowest BCUT2D eigenvalue weighted by Crippen LogP contribution is -2.07. The third-order valence-electron chi connectivity index (χ3n) is 2.26. The summed E-state index contributed by atoms with van der Waals surface area (Å²) in [5.41, 5.74) is 7.33. The van der Waals surface area contributed by atoms with Crippen LogP contribution in [0, 0.1) is 11.3 Å². The van der Waals surface area contributed by atoms with Crippen LogP contribution in [0.25, 0.3) is 5.69 Å². The Labute approximate surface area is 93.2 Å². The van der Waals surface area contributed by atoms with E-state index >= 15 is 0 Å². The van der Waals surface area contributed by atoms with Crippen molar-refractivity contribution in [1.82, 2.24) is 14.5 Å². The molecule has 80 valence electrons. The average Bonchev–Trinajstić information content (AvgIpc) is 2.77. The number of imidazole rings is 1. The molecule has 5 nitrogen and oxygen atoms in total. The Morgan fingerprint density at radius 2 is 2.25 bits per heavy atom. The van der Waals surface area contributed by atoms with Crippen LogP contribution in [0.1, 0.15) is 24.5 Å². The highest BCUT2D eigenvalue weighted by Gasteiger charge is 2.05. The van der Waals surface area contributed by atoms with Crippen LogP contribution in [0.3, 0.4) is 0 Å². The maximum absolute atomic E-state index is 8.84. The molecule has 2 rings (SSSR count). The van der Waals surface area contributed by atoms with Crippen LogP contribution >= 0.6 is 0 Å². The van der Waals surface area contributed by atoms with Crippen molar-refractivity contribution in [1.29, 1.82) is 5.26 Å². The van der Waals surface area contributed by atoms with Crippen molar-refractivity contribution in [3.05, 3.63) is 42.2 Å². The Bertz CT molecular complexity index is 518. The molecule has 2 N–H and O–H groups in total. The number of nitrogens with two attached hydrogens (primary N) is 1. The fraction of sp³-hybridized carbons (Fsp3) is 0.182. The van der Waals surface area contributed by atoms with Crippen molar-refractivity contribution in [2.75, 3.05) is 0 Å². The minimum atomic E-state index is -0.0905. The quantitative estimate of drug-likeness (QED) is 0.811. The number of rotatable bonds is 2. The molecule has 0 aromatic carbocycles. The Kier molecular flexibility index (Phi) is 2.66. The molecule has 0 aliphatic heterocycles. The minimum absolute atomic E-state index is 0.0905. The summed E-state index contributed by atoms with van der Waals surface area (Å²) in [4.78, 5) is 8.14. The van der Waals surface area contributed by atoms with Crippen LogP contribution < -0.4 is 5.73 Å². The number of nitrogens with zero attached hydrogens (tertiary/aromatic N) is 4. The highest BCUT2D eigenvalue weighted by Crippen LogP contribution is 2.12.